The maximum absolute atomic E-state index is 13.0. The minimum Gasteiger partial charge on any atom is -0.496 e. The summed E-state index contributed by atoms with van der Waals surface area (Å²) in [5.74, 6) is 0.644. The molecule has 0 atom stereocenters. The number of methoxy groups -OCH3 is 1. The third-order valence-corrected chi connectivity index (χ3v) is 5.65. The number of benzene rings is 1. The van der Waals surface area contributed by atoms with Gasteiger partial charge in [0.25, 0.3) is 11.1 Å². The number of hydrogen-bond acceptors (Lipinski definition) is 3. The molecule has 0 bridgehead atoms. The lowest BCUT2D eigenvalue weighted by molar-refractivity contribution is 0.414. The van der Waals surface area contributed by atoms with Gasteiger partial charge in [0.05, 0.1) is 7.11 Å². The van der Waals surface area contributed by atoms with Crippen molar-refractivity contribution in [3.63, 3.8) is 0 Å². The lowest BCUT2D eigenvalue weighted by Gasteiger charge is -2.06. The van der Waals surface area contributed by atoms with E-state index in [1.165, 1.54) is 49.5 Å². The monoisotopic (exact) mass is 438 g/mol. The number of nitrogens with zero attached hydrogens (tertiary/aromatic N) is 1. The van der Waals surface area contributed by atoms with E-state index in [0.29, 0.717) is 16.4 Å². The second-order valence-corrected chi connectivity index (χ2v) is 8.16. The van der Waals surface area contributed by atoms with Crippen LogP contribution in [0.15, 0.2) is 46.5 Å². The van der Waals surface area contributed by atoms with Crippen LogP contribution in [0.2, 0.25) is 0 Å². The Morgan fingerprint density at radius 3 is 2.31 bits per heavy atom. The minimum absolute atomic E-state index is 0.207. The summed E-state index contributed by atoms with van der Waals surface area (Å²) >= 11 is 0. The molecule has 0 unspecified atom stereocenters. The quantitative estimate of drug-likeness (QED) is 0.354. The van der Waals surface area contributed by atoms with Crippen LogP contribution in [-0.4, -0.2) is 16.7 Å². The van der Waals surface area contributed by atoms with E-state index in [4.69, 9.17) is 4.74 Å². The number of ether oxygens (including phenoxy) is 1. The minimum atomic E-state index is -0.296. The van der Waals surface area contributed by atoms with Crippen molar-refractivity contribution in [2.24, 2.45) is 0 Å². The Balaban J connectivity index is 2.14. The third-order valence-electron chi connectivity index (χ3n) is 5.65. The van der Waals surface area contributed by atoms with E-state index < -0.39 is 0 Å². The van der Waals surface area contributed by atoms with Gasteiger partial charge in [0.2, 0.25) is 0 Å². The van der Waals surface area contributed by atoms with Crippen LogP contribution in [0, 0.1) is 0 Å². The third kappa shape index (κ3) is 7.70. The molecule has 32 heavy (non-hydrogen) atoms. The van der Waals surface area contributed by atoms with Gasteiger partial charge in [0, 0.05) is 12.1 Å². The average Bonchev–Trinajstić information content (AvgIpc) is 2.80. The first-order valence-corrected chi connectivity index (χ1v) is 11.9. The summed E-state index contributed by atoms with van der Waals surface area (Å²) in [6.07, 6.45) is 17.2. The first-order chi connectivity index (χ1) is 15.6. The maximum atomic E-state index is 13.0. The van der Waals surface area contributed by atoms with Gasteiger partial charge in [0.1, 0.15) is 16.4 Å². The van der Waals surface area contributed by atoms with E-state index in [1.807, 2.05) is 30.3 Å². The number of unbranched alkanes of at least 4 members (excludes halogenated alkanes) is 9. The highest BCUT2D eigenvalue weighted by atomic mass is 16.5. The molecule has 0 aliphatic carbocycles. The summed E-state index contributed by atoms with van der Waals surface area (Å²) in [5.41, 5.74) is 0.237. The molecule has 1 N–H and O–H groups in total. The zero-order valence-corrected chi connectivity index (χ0v) is 19.7. The van der Waals surface area contributed by atoms with Crippen molar-refractivity contribution in [2.75, 3.05) is 7.11 Å². The van der Waals surface area contributed by atoms with Crippen molar-refractivity contribution in [3.05, 3.63) is 73.9 Å². The van der Waals surface area contributed by atoms with E-state index in [2.05, 4.69) is 18.5 Å². The molecule has 1 aromatic carbocycles. The summed E-state index contributed by atoms with van der Waals surface area (Å²) in [5, 5.41) is 0.646. The molecule has 0 aliphatic rings. The molecule has 0 fully saturated rings. The van der Waals surface area contributed by atoms with Crippen LogP contribution in [0.5, 0.6) is 5.75 Å². The number of hydrogen-bond donors (Lipinski definition) is 1. The predicted molar refractivity (Wildman–Crippen MR) is 134 cm³/mol. The number of rotatable bonds is 14. The lowest BCUT2D eigenvalue weighted by Crippen LogP contribution is -2.53. The smallest absolute Gasteiger partial charge is 0.274 e. The lowest BCUT2D eigenvalue weighted by atomic mass is 10.1. The Bertz CT molecular complexity index is 1080. The van der Waals surface area contributed by atoms with E-state index in [9.17, 15) is 9.59 Å². The molecule has 1 heterocycles. The van der Waals surface area contributed by atoms with Crippen LogP contribution in [-0.2, 0) is 6.54 Å². The van der Waals surface area contributed by atoms with E-state index in [-0.39, 0.29) is 17.7 Å². The molecule has 0 amide bonds. The van der Waals surface area contributed by atoms with Gasteiger partial charge in [-0.25, -0.2) is 0 Å². The molecule has 174 valence electrons. The molecule has 1 aromatic heterocycles. The molecule has 2 rings (SSSR count). The van der Waals surface area contributed by atoms with Gasteiger partial charge in [-0.1, -0.05) is 88.6 Å². The zero-order valence-electron chi connectivity index (χ0n) is 19.7. The summed E-state index contributed by atoms with van der Waals surface area (Å²) in [4.78, 5) is 28.6. The van der Waals surface area contributed by atoms with Crippen LogP contribution in [0.4, 0.5) is 0 Å². The van der Waals surface area contributed by atoms with Gasteiger partial charge in [-0.3, -0.25) is 14.2 Å². The van der Waals surface area contributed by atoms with Crippen molar-refractivity contribution in [1.29, 1.82) is 0 Å². The zero-order chi connectivity index (χ0) is 23.2. The predicted octanol–water partition coefficient (Wildman–Crippen LogP) is 4.26. The molecule has 0 saturated heterocycles. The van der Waals surface area contributed by atoms with Gasteiger partial charge < -0.3 is 9.72 Å². The molecule has 2 aromatic rings. The Kier molecular flexibility index (Phi) is 11.4. The van der Waals surface area contributed by atoms with Crippen molar-refractivity contribution < 1.29 is 4.74 Å². The fraction of sp³-hybridized carbons (Fsp3) is 0.481. The van der Waals surface area contributed by atoms with Crippen molar-refractivity contribution in [2.45, 2.75) is 77.7 Å². The van der Waals surface area contributed by atoms with Gasteiger partial charge in [-0.2, -0.15) is 0 Å². The molecule has 0 aliphatic heterocycles. The number of nitrogens with one attached hydrogen (secondary N) is 1. The van der Waals surface area contributed by atoms with Crippen LogP contribution in [0.1, 0.15) is 76.7 Å². The van der Waals surface area contributed by atoms with Gasteiger partial charge in [0.15, 0.2) is 0 Å². The van der Waals surface area contributed by atoms with E-state index in [1.54, 1.807) is 19.3 Å². The number of H-pyrrole nitrogens is 1. The van der Waals surface area contributed by atoms with Gasteiger partial charge >= 0.3 is 0 Å². The number of aromatic nitrogens is 2. The van der Waals surface area contributed by atoms with Crippen LogP contribution in [0.25, 0.3) is 12.2 Å². The fourth-order valence-corrected chi connectivity index (χ4v) is 3.84. The Hall–Kier alpha value is -2.82. The molecule has 0 saturated carbocycles. The fourth-order valence-electron chi connectivity index (χ4n) is 3.84. The van der Waals surface area contributed by atoms with E-state index >= 15 is 0 Å². The molecular formula is C27H38N2O3. The highest BCUT2D eigenvalue weighted by molar-refractivity contribution is 5.56. The first-order valence-electron chi connectivity index (χ1n) is 11.9. The summed E-state index contributed by atoms with van der Waals surface area (Å²) in [6.45, 7) is 6.25. The van der Waals surface area contributed by atoms with Gasteiger partial charge in [-0.05, 0) is 25.0 Å². The number of para-hydroxylation sites is 1. The maximum Gasteiger partial charge on any atom is 0.274 e. The second kappa shape index (κ2) is 14.3. The first kappa shape index (κ1) is 25.4. The molecular weight excluding hydrogens is 400 g/mol. The standard InChI is InChI=1S/C27H38N2O3/c1-4-6-7-8-9-10-11-12-13-14-18-23-27(31)29(20-5-2)24(26(30)28-23)21-22-17-15-16-19-25(22)32-3/h5,15-19,21H,2,4,6-14,20H2,1,3H3,(H,28,30)/b23-18-,24-21-. The van der Waals surface area contributed by atoms with E-state index in [0.717, 1.165) is 24.8 Å². The summed E-state index contributed by atoms with van der Waals surface area (Å²) < 4.78 is 6.84. The van der Waals surface area contributed by atoms with Crippen molar-refractivity contribution >= 4 is 12.2 Å². The average molecular weight is 439 g/mol. The normalized spacial score (nSPS) is 12.3. The Morgan fingerprint density at radius 2 is 1.66 bits per heavy atom. The molecule has 0 radical (unpaired) electrons. The number of aromatic amines is 1. The highest BCUT2D eigenvalue weighted by Gasteiger charge is 2.06. The topological polar surface area (TPSA) is 64.1 Å². The summed E-state index contributed by atoms with van der Waals surface area (Å²) in [6, 6.07) is 7.40. The Morgan fingerprint density at radius 1 is 1.00 bits per heavy atom. The van der Waals surface area contributed by atoms with Crippen molar-refractivity contribution in [1.82, 2.24) is 9.55 Å². The van der Waals surface area contributed by atoms with Crippen LogP contribution >= 0.6 is 0 Å². The highest BCUT2D eigenvalue weighted by Crippen LogP contribution is 2.17. The van der Waals surface area contributed by atoms with Crippen LogP contribution in [0.3, 0.4) is 0 Å². The van der Waals surface area contributed by atoms with Crippen LogP contribution < -0.4 is 26.6 Å². The SMILES string of the molecule is C=CCn1c(=O)/c(=C/CCCCCCCCCCC)[nH]c(=O)/c1=C/c1ccccc1OC. The molecule has 5 heteroatoms. The molecule has 5 nitrogen and oxygen atoms in total. The van der Waals surface area contributed by atoms with Gasteiger partial charge in [-0.15, -0.1) is 6.58 Å². The molecule has 0 spiro atoms. The second-order valence-electron chi connectivity index (χ2n) is 8.16. The largest absolute Gasteiger partial charge is 0.496 e. The Labute approximate surface area is 191 Å². The number of allylic oxidation sites excluding steroid dienone is 1. The van der Waals surface area contributed by atoms with Crippen molar-refractivity contribution in [3.8, 4) is 5.75 Å². The summed E-state index contributed by atoms with van der Waals surface area (Å²) in [7, 11) is 1.58.